The van der Waals surface area contributed by atoms with Crippen molar-refractivity contribution in [2.45, 2.75) is 32.9 Å². The number of allylic oxidation sites excluding steroid dienone is 1. The maximum absolute atomic E-state index is 11.6. The number of ether oxygens (including phenoxy) is 2. The molecule has 0 saturated heterocycles. The molecule has 0 amide bonds. The molecule has 2 aromatic rings. The highest BCUT2D eigenvalue weighted by Crippen LogP contribution is 2.41. The number of esters is 1. The van der Waals surface area contributed by atoms with Crippen LogP contribution >= 0.6 is 0 Å². The minimum Gasteiger partial charge on any atom is -0.497 e. The molecule has 1 aromatic heterocycles. The van der Waals surface area contributed by atoms with Gasteiger partial charge in [-0.15, -0.1) is 0 Å². The first kappa shape index (κ1) is 17.1. The van der Waals surface area contributed by atoms with Crippen molar-refractivity contribution >= 4 is 17.2 Å². The van der Waals surface area contributed by atoms with Gasteiger partial charge in [-0.25, -0.2) is 4.79 Å². The lowest BCUT2D eigenvalue weighted by molar-refractivity contribution is 0.0563. The average molecular weight is 341 g/mol. The molecule has 25 heavy (non-hydrogen) atoms. The van der Waals surface area contributed by atoms with Crippen molar-refractivity contribution in [1.29, 1.82) is 0 Å². The van der Waals surface area contributed by atoms with Crippen molar-refractivity contribution in [2.75, 3.05) is 19.1 Å². The Balaban J connectivity index is 2.00. The summed E-state index contributed by atoms with van der Waals surface area (Å²) in [4.78, 5) is 13.9. The molecule has 0 saturated carbocycles. The summed E-state index contributed by atoms with van der Waals surface area (Å²) in [5.74, 6) is 1.26. The Hall–Kier alpha value is -2.69. The highest BCUT2D eigenvalue weighted by molar-refractivity contribution is 5.86. The number of hydrogen-bond acceptors (Lipinski definition) is 5. The Morgan fingerprint density at radius 1 is 1.20 bits per heavy atom. The van der Waals surface area contributed by atoms with E-state index >= 15 is 0 Å². The van der Waals surface area contributed by atoms with Crippen LogP contribution in [-0.4, -0.2) is 25.7 Å². The van der Waals surface area contributed by atoms with E-state index in [0.29, 0.717) is 12.3 Å². The van der Waals surface area contributed by atoms with Gasteiger partial charge in [0.1, 0.15) is 11.5 Å². The number of hydrogen-bond donors (Lipinski definition) is 0. The Morgan fingerprint density at radius 3 is 2.64 bits per heavy atom. The smallest absolute Gasteiger partial charge is 0.373 e. The van der Waals surface area contributed by atoms with Gasteiger partial charge in [-0.1, -0.05) is 6.08 Å². The van der Waals surface area contributed by atoms with Crippen LogP contribution in [0.15, 0.2) is 40.8 Å². The molecule has 1 aliphatic heterocycles. The minimum atomic E-state index is -0.470. The van der Waals surface area contributed by atoms with Gasteiger partial charge in [0.05, 0.1) is 26.3 Å². The summed E-state index contributed by atoms with van der Waals surface area (Å²) in [5.41, 5.74) is 3.27. The molecule has 0 aliphatic carbocycles. The summed E-state index contributed by atoms with van der Waals surface area (Å²) in [6, 6.07) is 9.54. The molecule has 132 valence electrons. The topological polar surface area (TPSA) is 51.9 Å². The van der Waals surface area contributed by atoms with E-state index in [9.17, 15) is 4.79 Å². The van der Waals surface area contributed by atoms with E-state index in [4.69, 9.17) is 13.9 Å². The van der Waals surface area contributed by atoms with E-state index in [-0.39, 0.29) is 11.3 Å². The Labute approximate surface area is 147 Å². The van der Waals surface area contributed by atoms with Gasteiger partial charge >= 0.3 is 5.97 Å². The Kier molecular flexibility index (Phi) is 4.33. The lowest BCUT2D eigenvalue weighted by atomic mass is 9.88. The van der Waals surface area contributed by atoms with E-state index in [1.165, 1.54) is 18.2 Å². The van der Waals surface area contributed by atoms with Crippen LogP contribution in [0.5, 0.6) is 5.75 Å². The van der Waals surface area contributed by atoms with E-state index in [1.54, 1.807) is 13.2 Å². The van der Waals surface area contributed by atoms with Crippen LogP contribution in [-0.2, 0) is 11.3 Å². The molecule has 2 heterocycles. The molecule has 0 unspecified atom stereocenters. The second-order valence-corrected chi connectivity index (χ2v) is 6.71. The summed E-state index contributed by atoms with van der Waals surface area (Å²) < 4.78 is 15.8. The zero-order valence-electron chi connectivity index (χ0n) is 15.3. The maximum Gasteiger partial charge on any atom is 0.373 e. The van der Waals surface area contributed by atoms with E-state index < -0.39 is 5.97 Å². The zero-order chi connectivity index (χ0) is 18.2. The molecule has 5 nitrogen and oxygen atoms in total. The molecule has 1 aliphatic rings. The van der Waals surface area contributed by atoms with Crippen molar-refractivity contribution in [1.82, 2.24) is 0 Å². The third-order valence-electron chi connectivity index (χ3n) is 4.55. The van der Waals surface area contributed by atoms with Gasteiger partial charge in [-0.05, 0) is 50.6 Å². The summed E-state index contributed by atoms with van der Waals surface area (Å²) in [6.45, 7) is 6.97. The summed E-state index contributed by atoms with van der Waals surface area (Å²) in [6.07, 6.45) is 2.24. The SMILES string of the molecule is COC(=O)c1ccc(CN2c3cc(OC)ccc3C(C)=CC2(C)C)o1. The first-order valence-electron chi connectivity index (χ1n) is 8.18. The van der Waals surface area contributed by atoms with Crippen LogP contribution in [0.2, 0.25) is 0 Å². The minimum absolute atomic E-state index is 0.207. The van der Waals surface area contributed by atoms with Crippen molar-refractivity contribution in [3.63, 3.8) is 0 Å². The fourth-order valence-corrected chi connectivity index (χ4v) is 3.31. The normalized spacial score (nSPS) is 15.4. The second-order valence-electron chi connectivity index (χ2n) is 6.71. The van der Waals surface area contributed by atoms with Crippen molar-refractivity contribution in [3.8, 4) is 5.75 Å². The van der Waals surface area contributed by atoms with Gasteiger partial charge in [0.2, 0.25) is 5.76 Å². The van der Waals surface area contributed by atoms with Crippen LogP contribution < -0.4 is 9.64 Å². The Bertz CT molecular complexity index is 832. The predicted octanol–water partition coefficient (Wildman–Crippen LogP) is 4.28. The second kappa shape index (κ2) is 6.31. The third-order valence-corrected chi connectivity index (χ3v) is 4.55. The van der Waals surface area contributed by atoms with Gasteiger partial charge < -0.3 is 18.8 Å². The number of carbonyl (C=O) groups is 1. The van der Waals surface area contributed by atoms with Crippen LogP contribution in [0.25, 0.3) is 5.57 Å². The maximum atomic E-state index is 11.6. The van der Waals surface area contributed by atoms with E-state index in [1.807, 2.05) is 18.2 Å². The number of nitrogens with zero attached hydrogens (tertiary/aromatic N) is 1. The fraction of sp³-hybridized carbons (Fsp3) is 0.350. The van der Waals surface area contributed by atoms with Gasteiger partial charge in [0, 0.05) is 17.3 Å². The predicted molar refractivity (Wildman–Crippen MR) is 97.0 cm³/mol. The van der Waals surface area contributed by atoms with Gasteiger partial charge in [0.15, 0.2) is 0 Å². The van der Waals surface area contributed by atoms with Crippen LogP contribution in [0.3, 0.4) is 0 Å². The molecule has 5 heteroatoms. The number of methoxy groups -OCH3 is 2. The van der Waals surface area contributed by atoms with E-state index in [2.05, 4.69) is 37.8 Å². The highest BCUT2D eigenvalue weighted by atomic mass is 16.5. The number of rotatable bonds is 4. The Morgan fingerprint density at radius 2 is 1.96 bits per heavy atom. The average Bonchev–Trinajstić information content (AvgIpc) is 3.05. The molecular formula is C20H23NO4. The van der Waals surface area contributed by atoms with Gasteiger partial charge in [0.25, 0.3) is 0 Å². The van der Waals surface area contributed by atoms with Crippen LogP contribution in [0.4, 0.5) is 5.69 Å². The molecule has 3 rings (SSSR count). The number of carbonyl (C=O) groups excluding carboxylic acids is 1. The summed E-state index contributed by atoms with van der Waals surface area (Å²) >= 11 is 0. The van der Waals surface area contributed by atoms with Crippen molar-refractivity contribution in [3.05, 3.63) is 53.5 Å². The van der Waals surface area contributed by atoms with Crippen LogP contribution in [0.1, 0.15) is 42.6 Å². The molecule has 1 aromatic carbocycles. The molecule has 0 radical (unpaired) electrons. The lowest BCUT2D eigenvalue weighted by Gasteiger charge is -2.43. The quantitative estimate of drug-likeness (QED) is 0.777. The summed E-state index contributed by atoms with van der Waals surface area (Å²) in [5, 5.41) is 0. The number of anilines is 1. The van der Waals surface area contributed by atoms with Crippen LogP contribution in [0, 0.1) is 0 Å². The molecule has 0 bridgehead atoms. The fourth-order valence-electron chi connectivity index (χ4n) is 3.31. The van der Waals surface area contributed by atoms with E-state index in [0.717, 1.165) is 11.4 Å². The molecule has 0 atom stereocenters. The van der Waals surface area contributed by atoms with Gasteiger partial charge in [-0.3, -0.25) is 0 Å². The molecule has 0 spiro atoms. The largest absolute Gasteiger partial charge is 0.497 e. The van der Waals surface area contributed by atoms with Gasteiger partial charge in [-0.2, -0.15) is 0 Å². The third kappa shape index (κ3) is 3.14. The number of benzene rings is 1. The zero-order valence-corrected chi connectivity index (χ0v) is 15.3. The first-order valence-corrected chi connectivity index (χ1v) is 8.18. The highest BCUT2D eigenvalue weighted by Gasteiger charge is 2.32. The first-order chi connectivity index (χ1) is 11.9. The van der Waals surface area contributed by atoms with Crippen molar-refractivity contribution < 1.29 is 18.7 Å². The lowest BCUT2D eigenvalue weighted by Crippen LogP contribution is -2.44. The number of fused-ring (bicyclic) bond motifs is 1. The molecule has 0 N–H and O–H groups in total. The van der Waals surface area contributed by atoms with Crippen molar-refractivity contribution in [2.24, 2.45) is 0 Å². The standard InChI is InChI=1S/C20H23NO4/c1-13-11-20(2,3)21(17-10-14(23-4)6-8-16(13)17)12-15-7-9-18(25-15)19(22)24-5/h6-11H,12H2,1-5H3. The number of furan rings is 1. The monoisotopic (exact) mass is 341 g/mol. The molecular weight excluding hydrogens is 318 g/mol. The summed E-state index contributed by atoms with van der Waals surface area (Å²) in [7, 11) is 3.01. The molecule has 0 fully saturated rings.